The molecular formula is C17H25NO. The highest BCUT2D eigenvalue weighted by Crippen LogP contribution is 2.58. The first-order chi connectivity index (χ1) is 9.13. The predicted octanol–water partition coefficient (Wildman–Crippen LogP) is 2.96. The van der Waals surface area contributed by atoms with Crippen LogP contribution in [0.4, 0.5) is 0 Å². The van der Waals surface area contributed by atoms with Crippen molar-refractivity contribution in [2.24, 2.45) is 5.41 Å². The molecule has 1 heterocycles. The van der Waals surface area contributed by atoms with Gasteiger partial charge in [-0.15, -0.1) is 0 Å². The third-order valence-electron chi connectivity index (χ3n) is 5.45. The van der Waals surface area contributed by atoms with Crippen LogP contribution in [0.3, 0.4) is 0 Å². The summed E-state index contributed by atoms with van der Waals surface area (Å²) in [5.74, 6) is 0. The van der Waals surface area contributed by atoms with Crippen molar-refractivity contribution in [2.45, 2.75) is 38.5 Å². The molecule has 1 saturated heterocycles. The van der Waals surface area contributed by atoms with E-state index in [1.807, 2.05) is 0 Å². The molecule has 0 atom stereocenters. The van der Waals surface area contributed by atoms with Crippen molar-refractivity contribution in [3.8, 4) is 0 Å². The summed E-state index contributed by atoms with van der Waals surface area (Å²) in [4.78, 5) is 0. The van der Waals surface area contributed by atoms with Gasteiger partial charge in [-0.05, 0) is 50.3 Å². The fourth-order valence-electron chi connectivity index (χ4n) is 4.07. The molecule has 1 aliphatic carbocycles. The van der Waals surface area contributed by atoms with E-state index in [4.69, 9.17) is 4.74 Å². The molecule has 104 valence electrons. The predicted molar refractivity (Wildman–Crippen MR) is 78.6 cm³/mol. The van der Waals surface area contributed by atoms with Crippen LogP contribution in [0.5, 0.6) is 0 Å². The van der Waals surface area contributed by atoms with Crippen LogP contribution in [-0.2, 0) is 10.2 Å². The van der Waals surface area contributed by atoms with E-state index in [1.54, 1.807) is 0 Å². The first-order valence-electron chi connectivity index (χ1n) is 7.44. The lowest BCUT2D eigenvalue weighted by atomic mass is 9.49. The number of aryl methyl sites for hydroxylation is 2. The van der Waals surface area contributed by atoms with Crippen LogP contribution >= 0.6 is 0 Å². The second-order valence-electron chi connectivity index (χ2n) is 6.56. The normalized spacial score (nSPS) is 23.5. The number of nitrogens with one attached hydrogen (secondary N) is 1. The molecule has 2 heteroatoms. The van der Waals surface area contributed by atoms with Crippen LogP contribution in [0.15, 0.2) is 18.2 Å². The monoisotopic (exact) mass is 259 g/mol. The molecule has 1 aromatic carbocycles. The standard InChI is InChI=1S/C17H25NO/c1-13-5-6-14(2)15(9-13)17(11-19-12-17)16(10-18-3)7-4-8-16/h5-6,9,18H,4,7-8,10-12H2,1-3H3. The van der Waals surface area contributed by atoms with Gasteiger partial charge in [0.05, 0.1) is 13.2 Å². The van der Waals surface area contributed by atoms with Crippen molar-refractivity contribution >= 4 is 0 Å². The first-order valence-corrected chi connectivity index (χ1v) is 7.44. The molecule has 19 heavy (non-hydrogen) atoms. The smallest absolute Gasteiger partial charge is 0.0591 e. The molecule has 1 N–H and O–H groups in total. The van der Waals surface area contributed by atoms with Gasteiger partial charge in [0.15, 0.2) is 0 Å². The summed E-state index contributed by atoms with van der Waals surface area (Å²) in [5, 5.41) is 3.43. The van der Waals surface area contributed by atoms with Gasteiger partial charge in [-0.3, -0.25) is 0 Å². The Morgan fingerprint density at radius 2 is 1.95 bits per heavy atom. The highest BCUT2D eigenvalue weighted by atomic mass is 16.5. The number of hydrogen-bond acceptors (Lipinski definition) is 2. The van der Waals surface area contributed by atoms with Crippen molar-refractivity contribution in [3.63, 3.8) is 0 Å². The highest BCUT2D eigenvalue weighted by Gasteiger charge is 2.59. The molecule has 0 bridgehead atoms. The van der Waals surface area contributed by atoms with Crippen LogP contribution < -0.4 is 5.32 Å². The Labute approximate surface area is 116 Å². The lowest BCUT2D eigenvalue weighted by molar-refractivity contribution is -0.156. The van der Waals surface area contributed by atoms with E-state index in [-0.39, 0.29) is 5.41 Å². The topological polar surface area (TPSA) is 21.3 Å². The summed E-state index contributed by atoms with van der Waals surface area (Å²) >= 11 is 0. The van der Waals surface area contributed by atoms with E-state index < -0.39 is 0 Å². The van der Waals surface area contributed by atoms with Gasteiger partial charge in [-0.2, -0.15) is 0 Å². The van der Waals surface area contributed by atoms with E-state index >= 15 is 0 Å². The maximum absolute atomic E-state index is 5.69. The van der Waals surface area contributed by atoms with Gasteiger partial charge in [-0.1, -0.05) is 30.2 Å². The first kappa shape index (κ1) is 13.1. The van der Waals surface area contributed by atoms with Gasteiger partial charge >= 0.3 is 0 Å². The number of benzene rings is 1. The SMILES string of the molecule is CNCC1(C2(c3cc(C)ccc3C)COC2)CCC1. The maximum Gasteiger partial charge on any atom is 0.0591 e. The fraction of sp³-hybridized carbons (Fsp3) is 0.647. The van der Waals surface area contributed by atoms with Crippen LogP contribution in [0.1, 0.15) is 36.0 Å². The van der Waals surface area contributed by atoms with E-state index in [0.717, 1.165) is 19.8 Å². The van der Waals surface area contributed by atoms with Crippen molar-refractivity contribution in [1.29, 1.82) is 0 Å². The zero-order valence-corrected chi connectivity index (χ0v) is 12.4. The minimum atomic E-state index is 0.254. The van der Waals surface area contributed by atoms with Crippen LogP contribution in [-0.4, -0.2) is 26.8 Å². The highest BCUT2D eigenvalue weighted by molar-refractivity contribution is 5.41. The largest absolute Gasteiger partial charge is 0.379 e. The lowest BCUT2D eigenvalue weighted by Gasteiger charge is -2.61. The molecule has 0 aromatic heterocycles. The molecule has 2 nitrogen and oxygen atoms in total. The third-order valence-corrected chi connectivity index (χ3v) is 5.45. The fourth-order valence-corrected chi connectivity index (χ4v) is 4.07. The minimum Gasteiger partial charge on any atom is -0.379 e. The van der Waals surface area contributed by atoms with E-state index in [1.165, 1.54) is 36.0 Å². The third kappa shape index (κ3) is 1.77. The summed E-state index contributed by atoms with van der Waals surface area (Å²) in [7, 11) is 2.08. The molecular weight excluding hydrogens is 234 g/mol. The Morgan fingerprint density at radius 1 is 1.21 bits per heavy atom. The Hall–Kier alpha value is -0.860. The molecule has 1 aliphatic heterocycles. The second-order valence-corrected chi connectivity index (χ2v) is 6.56. The lowest BCUT2D eigenvalue weighted by Crippen LogP contribution is -2.64. The Kier molecular flexibility index (Phi) is 3.18. The van der Waals surface area contributed by atoms with Gasteiger partial charge in [0.1, 0.15) is 0 Å². The number of rotatable bonds is 4. The van der Waals surface area contributed by atoms with Crippen molar-refractivity contribution < 1.29 is 4.74 Å². The molecule has 0 unspecified atom stereocenters. The average molecular weight is 259 g/mol. The molecule has 1 saturated carbocycles. The molecule has 0 radical (unpaired) electrons. The van der Waals surface area contributed by atoms with E-state index in [2.05, 4.69) is 44.4 Å². The summed E-state index contributed by atoms with van der Waals surface area (Å²) in [6, 6.07) is 6.89. The molecule has 2 aliphatic rings. The van der Waals surface area contributed by atoms with E-state index in [0.29, 0.717) is 5.41 Å². The molecule has 0 amide bonds. The average Bonchev–Trinajstić information content (AvgIpc) is 2.28. The summed E-state index contributed by atoms with van der Waals surface area (Å²) in [6.07, 6.45) is 4.05. The summed E-state index contributed by atoms with van der Waals surface area (Å²) in [5.41, 5.74) is 5.00. The van der Waals surface area contributed by atoms with Crippen LogP contribution in [0, 0.1) is 19.3 Å². The Bertz CT molecular complexity index is 472. The molecule has 1 aromatic rings. The Balaban J connectivity index is 2.05. The molecule has 0 spiro atoms. The Morgan fingerprint density at radius 3 is 2.42 bits per heavy atom. The summed E-state index contributed by atoms with van der Waals surface area (Å²) < 4.78 is 5.69. The molecule has 2 fully saturated rings. The van der Waals surface area contributed by atoms with Gasteiger partial charge in [0.25, 0.3) is 0 Å². The van der Waals surface area contributed by atoms with Gasteiger partial charge in [0, 0.05) is 12.0 Å². The number of hydrogen-bond donors (Lipinski definition) is 1. The van der Waals surface area contributed by atoms with Crippen molar-refractivity contribution in [1.82, 2.24) is 5.32 Å². The van der Waals surface area contributed by atoms with Crippen LogP contribution in [0.2, 0.25) is 0 Å². The minimum absolute atomic E-state index is 0.254. The summed E-state index contributed by atoms with van der Waals surface area (Å²) in [6.45, 7) is 7.37. The zero-order valence-electron chi connectivity index (χ0n) is 12.4. The second kappa shape index (κ2) is 4.60. The van der Waals surface area contributed by atoms with Gasteiger partial charge in [0.2, 0.25) is 0 Å². The maximum atomic E-state index is 5.69. The zero-order chi connectivity index (χ0) is 13.5. The van der Waals surface area contributed by atoms with Gasteiger partial charge < -0.3 is 10.1 Å². The van der Waals surface area contributed by atoms with Gasteiger partial charge in [-0.25, -0.2) is 0 Å². The van der Waals surface area contributed by atoms with E-state index in [9.17, 15) is 0 Å². The van der Waals surface area contributed by atoms with Crippen LogP contribution in [0.25, 0.3) is 0 Å². The van der Waals surface area contributed by atoms with Crippen molar-refractivity contribution in [2.75, 3.05) is 26.8 Å². The number of ether oxygens (including phenoxy) is 1. The quantitative estimate of drug-likeness (QED) is 0.897. The van der Waals surface area contributed by atoms with Crippen molar-refractivity contribution in [3.05, 3.63) is 34.9 Å². The molecule has 3 rings (SSSR count).